The van der Waals surface area contributed by atoms with Crippen LogP contribution in [0, 0.1) is 0 Å². The molecule has 8 heteroatoms. The van der Waals surface area contributed by atoms with Gasteiger partial charge in [0.25, 0.3) is 0 Å². The number of rotatable bonds is 5. The lowest BCUT2D eigenvalue weighted by molar-refractivity contribution is 0.117. The normalized spacial score (nSPS) is 22.9. The average Bonchev–Trinajstić information content (AvgIpc) is 3.27. The predicted octanol–water partition coefficient (Wildman–Crippen LogP) is 0.849. The minimum Gasteiger partial charge on any atom is -0.380 e. The molecule has 2 aromatic heterocycles. The van der Waals surface area contributed by atoms with Gasteiger partial charge in [0.2, 0.25) is 0 Å². The number of fused-ring (bicyclic) bond motifs is 1. The number of nitrogens with zero attached hydrogens (tertiary/aromatic N) is 7. The van der Waals surface area contributed by atoms with Gasteiger partial charge in [-0.25, -0.2) is 15.0 Å². The number of anilines is 2. The fourth-order valence-corrected chi connectivity index (χ4v) is 3.97. The van der Waals surface area contributed by atoms with E-state index >= 15 is 0 Å². The third-order valence-corrected chi connectivity index (χ3v) is 5.30. The van der Waals surface area contributed by atoms with Crippen LogP contribution in [0.2, 0.25) is 0 Å². The zero-order valence-electron chi connectivity index (χ0n) is 15.7. The maximum absolute atomic E-state index is 5.63. The van der Waals surface area contributed by atoms with Crippen LogP contribution in [0.5, 0.6) is 0 Å². The molecule has 26 heavy (non-hydrogen) atoms. The molecule has 0 saturated carbocycles. The summed E-state index contributed by atoms with van der Waals surface area (Å²) in [7, 11) is 6.02. The largest absolute Gasteiger partial charge is 0.380 e. The molecule has 2 aliphatic heterocycles. The van der Waals surface area contributed by atoms with Crippen molar-refractivity contribution in [3.8, 4) is 0 Å². The molecule has 0 aliphatic carbocycles. The van der Waals surface area contributed by atoms with E-state index in [4.69, 9.17) is 4.74 Å². The number of hydrogen-bond acceptors (Lipinski definition) is 7. The van der Waals surface area contributed by atoms with Gasteiger partial charge < -0.3 is 24.0 Å². The van der Waals surface area contributed by atoms with Crippen LogP contribution in [0.3, 0.4) is 0 Å². The highest BCUT2D eigenvalue weighted by Crippen LogP contribution is 2.28. The van der Waals surface area contributed by atoms with Crippen molar-refractivity contribution in [3.63, 3.8) is 0 Å². The van der Waals surface area contributed by atoms with Gasteiger partial charge >= 0.3 is 0 Å². The van der Waals surface area contributed by atoms with Crippen LogP contribution in [0.15, 0.2) is 24.9 Å². The molecule has 0 bridgehead atoms. The van der Waals surface area contributed by atoms with Crippen molar-refractivity contribution >= 4 is 11.6 Å². The van der Waals surface area contributed by atoms with Gasteiger partial charge in [-0.15, -0.1) is 0 Å². The van der Waals surface area contributed by atoms with E-state index in [-0.39, 0.29) is 6.10 Å². The molecule has 0 radical (unpaired) electrons. The Kier molecular flexibility index (Phi) is 4.78. The highest BCUT2D eigenvalue weighted by Gasteiger charge is 2.33. The molecule has 8 nitrogen and oxygen atoms in total. The minimum absolute atomic E-state index is 0.253. The smallest absolute Gasteiger partial charge is 0.134 e. The van der Waals surface area contributed by atoms with Crippen molar-refractivity contribution < 1.29 is 4.74 Å². The Hall–Kier alpha value is -2.19. The van der Waals surface area contributed by atoms with Crippen LogP contribution in [0.4, 0.5) is 11.6 Å². The van der Waals surface area contributed by atoms with Crippen molar-refractivity contribution in [2.75, 3.05) is 50.6 Å². The van der Waals surface area contributed by atoms with E-state index in [0.717, 1.165) is 50.8 Å². The maximum atomic E-state index is 5.63. The zero-order valence-corrected chi connectivity index (χ0v) is 15.7. The Morgan fingerprint density at radius 3 is 2.88 bits per heavy atom. The molecule has 0 N–H and O–H groups in total. The first-order valence-electron chi connectivity index (χ1n) is 9.14. The highest BCUT2D eigenvalue weighted by atomic mass is 16.5. The van der Waals surface area contributed by atoms with Crippen LogP contribution >= 0.6 is 0 Å². The van der Waals surface area contributed by atoms with Crippen molar-refractivity contribution in [2.45, 2.75) is 31.7 Å². The summed E-state index contributed by atoms with van der Waals surface area (Å²) in [5.74, 6) is 1.97. The van der Waals surface area contributed by atoms with E-state index in [0.29, 0.717) is 6.04 Å². The van der Waals surface area contributed by atoms with Gasteiger partial charge in [0.05, 0.1) is 24.7 Å². The number of aromatic nitrogens is 4. The molecule has 2 aromatic rings. The van der Waals surface area contributed by atoms with Crippen LogP contribution in [-0.4, -0.2) is 77.4 Å². The predicted molar refractivity (Wildman–Crippen MR) is 100 cm³/mol. The van der Waals surface area contributed by atoms with Crippen LogP contribution in [0.1, 0.15) is 12.1 Å². The van der Waals surface area contributed by atoms with Crippen molar-refractivity contribution in [3.05, 3.63) is 30.6 Å². The molecule has 2 atom stereocenters. The van der Waals surface area contributed by atoms with E-state index in [1.165, 1.54) is 5.69 Å². The summed E-state index contributed by atoms with van der Waals surface area (Å²) in [4.78, 5) is 20.2. The zero-order chi connectivity index (χ0) is 18.1. The summed E-state index contributed by atoms with van der Waals surface area (Å²) in [5, 5.41) is 0. The van der Waals surface area contributed by atoms with Gasteiger partial charge in [-0.1, -0.05) is 0 Å². The van der Waals surface area contributed by atoms with Crippen molar-refractivity contribution in [1.29, 1.82) is 0 Å². The molecule has 4 heterocycles. The van der Waals surface area contributed by atoms with E-state index < -0.39 is 0 Å². The summed E-state index contributed by atoms with van der Waals surface area (Å²) >= 11 is 0. The summed E-state index contributed by atoms with van der Waals surface area (Å²) in [6.07, 6.45) is 6.80. The Bertz CT molecular complexity index is 747. The highest BCUT2D eigenvalue weighted by molar-refractivity contribution is 5.52. The maximum Gasteiger partial charge on any atom is 0.134 e. The Morgan fingerprint density at radius 1 is 1.23 bits per heavy atom. The molecule has 1 saturated heterocycles. The number of likely N-dealkylation sites (N-methyl/N-ethyl adjacent to an activating group) is 1. The first-order valence-corrected chi connectivity index (χ1v) is 9.14. The van der Waals surface area contributed by atoms with Gasteiger partial charge in [0, 0.05) is 51.6 Å². The summed E-state index contributed by atoms with van der Waals surface area (Å²) < 4.78 is 7.83. The van der Waals surface area contributed by atoms with Gasteiger partial charge in [-0.2, -0.15) is 0 Å². The monoisotopic (exact) mass is 357 g/mol. The van der Waals surface area contributed by atoms with Gasteiger partial charge in [0.1, 0.15) is 18.0 Å². The molecule has 0 unspecified atom stereocenters. The number of ether oxygens (including phenoxy) is 1. The first-order chi connectivity index (χ1) is 12.6. The second-order valence-corrected chi connectivity index (χ2v) is 7.40. The fourth-order valence-electron chi connectivity index (χ4n) is 3.97. The van der Waals surface area contributed by atoms with E-state index in [1.807, 2.05) is 12.5 Å². The van der Waals surface area contributed by atoms with Crippen LogP contribution < -0.4 is 9.80 Å². The second kappa shape index (κ2) is 7.20. The van der Waals surface area contributed by atoms with E-state index in [2.05, 4.69) is 54.4 Å². The van der Waals surface area contributed by atoms with Crippen molar-refractivity contribution in [1.82, 2.24) is 24.4 Å². The Labute approximate surface area is 154 Å². The van der Waals surface area contributed by atoms with Gasteiger partial charge in [-0.3, -0.25) is 0 Å². The van der Waals surface area contributed by atoms with E-state index in [1.54, 1.807) is 13.4 Å². The van der Waals surface area contributed by atoms with Crippen molar-refractivity contribution in [2.24, 2.45) is 0 Å². The molecule has 140 valence electrons. The summed E-state index contributed by atoms with van der Waals surface area (Å²) in [6, 6.07) is 2.52. The van der Waals surface area contributed by atoms with Gasteiger partial charge in [0.15, 0.2) is 0 Å². The molecular formula is C18H27N7O. The lowest BCUT2D eigenvalue weighted by Crippen LogP contribution is -2.38. The Balaban J connectivity index is 1.55. The molecular weight excluding hydrogens is 330 g/mol. The molecule has 2 aliphatic rings. The van der Waals surface area contributed by atoms with Crippen LogP contribution in [0.25, 0.3) is 0 Å². The molecule has 0 amide bonds. The number of imidazole rings is 1. The minimum atomic E-state index is 0.253. The first kappa shape index (κ1) is 17.2. The standard InChI is InChI=1S/C18H27N7O/c1-22(2)9-14-6-16(26-3)11-25(14)18-7-17(20-12-21-18)23-4-5-24-13-19-8-15(24)10-23/h7-8,12-14,16H,4-6,9-11H2,1-3H3/t14-,16-/m0/s1. The number of methoxy groups -OCH3 is 1. The molecule has 1 fully saturated rings. The lowest BCUT2D eigenvalue weighted by atomic mass is 10.2. The summed E-state index contributed by atoms with van der Waals surface area (Å²) in [6.45, 7) is 4.56. The third-order valence-electron chi connectivity index (χ3n) is 5.30. The SMILES string of the molecule is CO[C@H]1C[C@@H](CN(C)C)N(c2cc(N3CCn4cncc4C3)ncn2)C1. The van der Waals surface area contributed by atoms with Gasteiger partial charge in [-0.05, 0) is 20.5 Å². The number of hydrogen-bond donors (Lipinski definition) is 0. The fraction of sp³-hybridized carbons (Fsp3) is 0.611. The summed E-state index contributed by atoms with van der Waals surface area (Å²) in [5.41, 5.74) is 1.22. The topological polar surface area (TPSA) is 62.6 Å². The average molecular weight is 357 g/mol. The second-order valence-electron chi connectivity index (χ2n) is 7.40. The molecule has 4 rings (SSSR count). The lowest BCUT2D eigenvalue weighted by Gasteiger charge is -2.31. The quantitative estimate of drug-likeness (QED) is 0.786. The Morgan fingerprint density at radius 2 is 2.08 bits per heavy atom. The van der Waals surface area contributed by atoms with E-state index in [9.17, 15) is 0 Å². The molecule has 0 aromatic carbocycles. The third kappa shape index (κ3) is 3.39. The molecule has 0 spiro atoms. The van der Waals surface area contributed by atoms with Crippen LogP contribution in [-0.2, 0) is 17.8 Å².